The lowest BCUT2D eigenvalue weighted by atomic mass is 9.85. The van der Waals surface area contributed by atoms with Crippen molar-refractivity contribution >= 4 is 0 Å². The van der Waals surface area contributed by atoms with E-state index in [2.05, 4.69) is 58.0 Å². The van der Waals surface area contributed by atoms with Gasteiger partial charge in [-0.05, 0) is 49.1 Å². The topological polar surface area (TPSA) is 35.2 Å². The fourth-order valence-electron chi connectivity index (χ4n) is 2.34. The first-order valence-electron chi connectivity index (χ1n) is 7.48. The van der Waals surface area contributed by atoms with Gasteiger partial charge < -0.3 is 10.5 Å². The Kier molecular flexibility index (Phi) is 4.69. The molecule has 0 unspecified atom stereocenters. The molecule has 2 nitrogen and oxygen atoms in total. The van der Waals surface area contributed by atoms with Crippen LogP contribution >= 0.6 is 0 Å². The van der Waals surface area contributed by atoms with Gasteiger partial charge in [-0.25, -0.2) is 0 Å². The second-order valence-corrected chi connectivity index (χ2v) is 6.53. The average molecular weight is 283 g/mol. The summed E-state index contributed by atoms with van der Waals surface area (Å²) in [7, 11) is 0. The number of benzene rings is 2. The van der Waals surface area contributed by atoms with Crippen LogP contribution in [0.5, 0.6) is 11.5 Å². The summed E-state index contributed by atoms with van der Waals surface area (Å²) in [5.74, 6) is 1.80. The number of hydrogen-bond donors (Lipinski definition) is 1. The third-order valence-electron chi connectivity index (χ3n) is 3.53. The van der Waals surface area contributed by atoms with Crippen molar-refractivity contribution in [2.75, 3.05) is 6.54 Å². The largest absolute Gasteiger partial charge is 0.457 e. The highest BCUT2D eigenvalue weighted by Gasteiger charge is 2.19. The molecular weight excluding hydrogens is 258 g/mol. The van der Waals surface area contributed by atoms with E-state index < -0.39 is 0 Å². The van der Waals surface area contributed by atoms with Crippen LogP contribution in [0.4, 0.5) is 0 Å². The maximum atomic E-state index is 6.09. The molecule has 0 bridgehead atoms. The van der Waals surface area contributed by atoms with Gasteiger partial charge in [0.15, 0.2) is 0 Å². The van der Waals surface area contributed by atoms with Gasteiger partial charge in [0.1, 0.15) is 11.5 Å². The molecule has 0 amide bonds. The molecule has 0 aliphatic carbocycles. The normalized spacial score (nSPS) is 11.5. The molecule has 21 heavy (non-hydrogen) atoms. The Balaban J connectivity index is 2.27. The van der Waals surface area contributed by atoms with Crippen molar-refractivity contribution in [2.24, 2.45) is 5.73 Å². The van der Waals surface area contributed by atoms with Crippen LogP contribution in [0.25, 0.3) is 0 Å². The molecule has 0 aromatic heterocycles. The zero-order chi connectivity index (χ0) is 15.5. The molecule has 112 valence electrons. The lowest BCUT2D eigenvalue weighted by Gasteiger charge is -2.23. The number of hydrogen-bond acceptors (Lipinski definition) is 2. The van der Waals surface area contributed by atoms with E-state index in [0.717, 1.165) is 17.9 Å². The van der Waals surface area contributed by atoms with Crippen LogP contribution in [0.2, 0.25) is 0 Å². The zero-order valence-electron chi connectivity index (χ0n) is 13.4. The molecule has 0 atom stereocenters. The van der Waals surface area contributed by atoms with Gasteiger partial charge in [0.2, 0.25) is 0 Å². The Morgan fingerprint density at radius 3 is 2.24 bits per heavy atom. The molecule has 2 rings (SSSR count). The van der Waals surface area contributed by atoms with Crippen molar-refractivity contribution in [1.29, 1.82) is 0 Å². The van der Waals surface area contributed by atoms with E-state index in [1.807, 2.05) is 12.1 Å². The minimum absolute atomic E-state index is 0.0564. The molecular formula is C19H25NO. The second kappa shape index (κ2) is 6.31. The lowest BCUT2D eigenvalue weighted by molar-refractivity contribution is 0.455. The predicted octanol–water partition coefficient (Wildman–Crippen LogP) is 4.59. The van der Waals surface area contributed by atoms with Crippen LogP contribution in [0, 0.1) is 6.92 Å². The van der Waals surface area contributed by atoms with E-state index in [1.54, 1.807) is 0 Å². The van der Waals surface area contributed by atoms with Crippen LogP contribution in [0.15, 0.2) is 42.5 Å². The van der Waals surface area contributed by atoms with Crippen molar-refractivity contribution in [2.45, 2.75) is 39.5 Å². The molecule has 0 saturated heterocycles. The number of aryl methyl sites for hydroxylation is 1. The molecule has 0 aliphatic rings. The summed E-state index contributed by atoms with van der Waals surface area (Å²) in [5, 5.41) is 0. The molecule has 0 aliphatic heterocycles. The molecule has 0 heterocycles. The zero-order valence-corrected chi connectivity index (χ0v) is 13.4. The maximum Gasteiger partial charge on any atom is 0.131 e. The number of nitrogens with two attached hydrogens (primary N) is 1. The lowest BCUT2D eigenvalue weighted by Crippen LogP contribution is -2.12. The first-order valence-corrected chi connectivity index (χ1v) is 7.48. The fraction of sp³-hybridized carbons (Fsp3) is 0.368. The molecule has 0 spiro atoms. The standard InChI is InChI=1S/C19H25NO/c1-14-5-10-18(17(13-14)19(2,3)4)21-16-8-6-15(7-9-16)11-12-20/h5-10,13H,11-12,20H2,1-4H3. The maximum absolute atomic E-state index is 6.09. The average Bonchev–Trinajstić information content (AvgIpc) is 2.42. The minimum Gasteiger partial charge on any atom is -0.457 e. The first kappa shape index (κ1) is 15.6. The molecule has 0 saturated carbocycles. The molecule has 2 aromatic rings. The predicted molar refractivity (Wildman–Crippen MR) is 89.2 cm³/mol. The highest BCUT2D eigenvalue weighted by molar-refractivity contribution is 5.44. The quantitative estimate of drug-likeness (QED) is 0.891. The van der Waals surface area contributed by atoms with Gasteiger partial charge in [-0.1, -0.05) is 50.6 Å². The third kappa shape index (κ3) is 4.08. The van der Waals surface area contributed by atoms with Gasteiger partial charge in [0.05, 0.1) is 0 Å². The van der Waals surface area contributed by atoms with Crippen molar-refractivity contribution in [3.63, 3.8) is 0 Å². The fourth-order valence-corrected chi connectivity index (χ4v) is 2.34. The van der Waals surface area contributed by atoms with Crippen molar-refractivity contribution in [3.8, 4) is 11.5 Å². The number of rotatable bonds is 4. The Morgan fingerprint density at radius 2 is 1.67 bits per heavy atom. The van der Waals surface area contributed by atoms with Gasteiger partial charge in [0.25, 0.3) is 0 Å². The molecule has 0 fully saturated rings. The van der Waals surface area contributed by atoms with E-state index in [9.17, 15) is 0 Å². The Hall–Kier alpha value is -1.80. The molecule has 0 radical (unpaired) electrons. The van der Waals surface area contributed by atoms with E-state index in [0.29, 0.717) is 6.54 Å². The molecule has 2 aromatic carbocycles. The van der Waals surface area contributed by atoms with Crippen LogP contribution in [0.3, 0.4) is 0 Å². The highest BCUT2D eigenvalue weighted by Crippen LogP contribution is 2.34. The van der Waals surface area contributed by atoms with Crippen LogP contribution in [-0.2, 0) is 11.8 Å². The third-order valence-corrected chi connectivity index (χ3v) is 3.53. The van der Waals surface area contributed by atoms with E-state index in [-0.39, 0.29) is 5.41 Å². The van der Waals surface area contributed by atoms with Gasteiger partial charge in [-0.2, -0.15) is 0 Å². The summed E-state index contributed by atoms with van der Waals surface area (Å²) < 4.78 is 6.09. The van der Waals surface area contributed by atoms with Gasteiger partial charge in [-0.15, -0.1) is 0 Å². The molecule has 2 heteroatoms. The minimum atomic E-state index is 0.0564. The summed E-state index contributed by atoms with van der Waals surface area (Å²) >= 11 is 0. The van der Waals surface area contributed by atoms with Crippen LogP contribution in [0.1, 0.15) is 37.5 Å². The summed E-state index contributed by atoms with van der Waals surface area (Å²) in [4.78, 5) is 0. The Labute approximate surface area is 127 Å². The summed E-state index contributed by atoms with van der Waals surface area (Å²) in [6, 6.07) is 14.5. The molecule has 2 N–H and O–H groups in total. The van der Waals surface area contributed by atoms with Gasteiger partial charge >= 0.3 is 0 Å². The van der Waals surface area contributed by atoms with Crippen molar-refractivity contribution in [1.82, 2.24) is 0 Å². The van der Waals surface area contributed by atoms with E-state index in [4.69, 9.17) is 10.5 Å². The van der Waals surface area contributed by atoms with Crippen molar-refractivity contribution in [3.05, 3.63) is 59.2 Å². The monoisotopic (exact) mass is 283 g/mol. The van der Waals surface area contributed by atoms with E-state index >= 15 is 0 Å². The van der Waals surface area contributed by atoms with Gasteiger partial charge in [-0.3, -0.25) is 0 Å². The summed E-state index contributed by atoms with van der Waals surface area (Å²) in [5.41, 5.74) is 9.36. The van der Waals surface area contributed by atoms with Crippen molar-refractivity contribution < 1.29 is 4.74 Å². The Morgan fingerprint density at radius 1 is 1.00 bits per heavy atom. The number of ether oxygens (including phenoxy) is 1. The Bertz CT molecular complexity index is 594. The summed E-state index contributed by atoms with van der Waals surface area (Å²) in [6.07, 6.45) is 0.901. The highest BCUT2D eigenvalue weighted by atomic mass is 16.5. The van der Waals surface area contributed by atoms with Crippen LogP contribution < -0.4 is 10.5 Å². The van der Waals surface area contributed by atoms with E-state index in [1.165, 1.54) is 16.7 Å². The second-order valence-electron chi connectivity index (χ2n) is 6.53. The summed E-state index contributed by atoms with van der Waals surface area (Å²) in [6.45, 7) is 9.41. The first-order chi connectivity index (χ1) is 9.90. The SMILES string of the molecule is Cc1ccc(Oc2ccc(CCN)cc2)c(C(C)(C)C)c1. The smallest absolute Gasteiger partial charge is 0.131 e. The van der Waals surface area contributed by atoms with Crippen LogP contribution in [-0.4, -0.2) is 6.54 Å². The van der Waals surface area contributed by atoms with Gasteiger partial charge in [0, 0.05) is 5.56 Å².